The summed E-state index contributed by atoms with van der Waals surface area (Å²) in [6.45, 7) is 0.431. The second-order valence-corrected chi connectivity index (χ2v) is 6.42. The van der Waals surface area contributed by atoms with E-state index in [2.05, 4.69) is 15.6 Å². The van der Waals surface area contributed by atoms with Crippen molar-refractivity contribution in [2.45, 2.75) is 18.9 Å². The molecule has 1 fully saturated rings. The Morgan fingerprint density at radius 1 is 1.26 bits per heavy atom. The number of carbonyl (C=O) groups excluding carboxylic acids is 2. The minimum absolute atomic E-state index is 0.00773. The van der Waals surface area contributed by atoms with E-state index in [4.69, 9.17) is 5.73 Å². The second-order valence-electron chi connectivity index (χ2n) is 5.51. The van der Waals surface area contributed by atoms with Crippen molar-refractivity contribution in [3.8, 4) is 0 Å². The van der Waals surface area contributed by atoms with E-state index in [1.54, 1.807) is 36.0 Å². The van der Waals surface area contributed by atoms with Crippen molar-refractivity contribution < 1.29 is 9.59 Å². The van der Waals surface area contributed by atoms with Gasteiger partial charge < -0.3 is 16.4 Å². The summed E-state index contributed by atoms with van der Waals surface area (Å²) in [5.74, 6) is 0.0311. The van der Waals surface area contributed by atoms with Crippen molar-refractivity contribution in [2.75, 3.05) is 11.9 Å². The zero-order valence-electron chi connectivity index (χ0n) is 12.5. The molecule has 0 aromatic carbocycles. The summed E-state index contributed by atoms with van der Waals surface area (Å²) in [5.41, 5.74) is 6.73. The molecule has 1 saturated carbocycles. The van der Waals surface area contributed by atoms with Crippen LogP contribution in [0.3, 0.4) is 0 Å². The molecule has 2 heterocycles. The van der Waals surface area contributed by atoms with Gasteiger partial charge >= 0.3 is 0 Å². The third kappa shape index (κ3) is 3.75. The molecule has 120 valence electrons. The Morgan fingerprint density at radius 2 is 2.00 bits per heavy atom. The number of rotatable bonds is 6. The van der Waals surface area contributed by atoms with Crippen LogP contribution in [-0.4, -0.2) is 29.4 Å². The summed E-state index contributed by atoms with van der Waals surface area (Å²) in [6.07, 6.45) is 5.33. The molecule has 4 N–H and O–H groups in total. The number of nitrogens with two attached hydrogens (primary N) is 1. The Balaban J connectivity index is 1.69. The Kier molecular flexibility index (Phi) is 4.68. The van der Waals surface area contributed by atoms with E-state index >= 15 is 0 Å². The SMILES string of the molecule is NCC(NC(=O)c1sccc1NC(=O)c1ccncc1)C1CC1. The highest BCUT2D eigenvalue weighted by Crippen LogP contribution is 2.32. The van der Waals surface area contributed by atoms with Gasteiger partial charge in [-0.15, -0.1) is 11.3 Å². The molecule has 1 aliphatic rings. The van der Waals surface area contributed by atoms with Crippen LogP contribution < -0.4 is 16.4 Å². The molecule has 1 atom stereocenters. The Hall–Kier alpha value is -2.25. The summed E-state index contributed by atoms with van der Waals surface area (Å²) in [4.78, 5) is 29.0. The first-order chi connectivity index (χ1) is 11.2. The molecule has 0 aliphatic heterocycles. The molecule has 0 radical (unpaired) electrons. The smallest absolute Gasteiger partial charge is 0.263 e. The van der Waals surface area contributed by atoms with Crippen LogP contribution in [0, 0.1) is 5.92 Å². The van der Waals surface area contributed by atoms with Crippen LogP contribution in [0.2, 0.25) is 0 Å². The topological polar surface area (TPSA) is 97.1 Å². The average Bonchev–Trinajstić information content (AvgIpc) is 3.32. The van der Waals surface area contributed by atoms with E-state index in [0.717, 1.165) is 12.8 Å². The molecule has 2 aromatic rings. The van der Waals surface area contributed by atoms with Crippen molar-refractivity contribution in [1.29, 1.82) is 0 Å². The van der Waals surface area contributed by atoms with Crippen LogP contribution in [0.1, 0.15) is 32.9 Å². The predicted octanol–water partition coefficient (Wildman–Crippen LogP) is 1.86. The normalized spacial score (nSPS) is 15.0. The van der Waals surface area contributed by atoms with Gasteiger partial charge in [0.2, 0.25) is 0 Å². The largest absolute Gasteiger partial charge is 0.347 e. The molecule has 1 aliphatic carbocycles. The first-order valence-corrected chi connectivity index (χ1v) is 8.37. The monoisotopic (exact) mass is 330 g/mol. The molecule has 0 bridgehead atoms. The number of anilines is 1. The first-order valence-electron chi connectivity index (χ1n) is 7.49. The number of thiophene rings is 1. The third-order valence-electron chi connectivity index (χ3n) is 3.82. The minimum Gasteiger partial charge on any atom is -0.347 e. The van der Waals surface area contributed by atoms with Crippen LogP contribution in [0.4, 0.5) is 5.69 Å². The molecule has 0 saturated heterocycles. The molecule has 23 heavy (non-hydrogen) atoms. The van der Waals surface area contributed by atoms with E-state index < -0.39 is 0 Å². The molecule has 2 amide bonds. The molecule has 2 aromatic heterocycles. The van der Waals surface area contributed by atoms with Crippen molar-refractivity contribution >= 4 is 28.8 Å². The lowest BCUT2D eigenvalue weighted by atomic mass is 10.2. The van der Waals surface area contributed by atoms with E-state index in [-0.39, 0.29) is 17.9 Å². The maximum atomic E-state index is 12.4. The van der Waals surface area contributed by atoms with Gasteiger partial charge in [-0.1, -0.05) is 0 Å². The predicted molar refractivity (Wildman–Crippen MR) is 89.5 cm³/mol. The number of nitrogens with zero attached hydrogens (tertiary/aromatic N) is 1. The van der Waals surface area contributed by atoms with Gasteiger partial charge in [-0.2, -0.15) is 0 Å². The van der Waals surface area contributed by atoms with Crippen LogP contribution >= 0.6 is 11.3 Å². The van der Waals surface area contributed by atoms with Crippen LogP contribution in [0.15, 0.2) is 36.0 Å². The quantitative estimate of drug-likeness (QED) is 0.753. The van der Waals surface area contributed by atoms with Gasteiger partial charge in [0.1, 0.15) is 4.88 Å². The van der Waals surface area contributed by atoms with E-state index in [0.29, 0.717) is 28.6 Å². The van der Waals surface area contributed by atoms with E-state index in [1.165, 1.54) is 11.3 Å². The summed E-state index contributed by atoms with van der Waals surface area (Å²) in [5, 5.41) is 7.53. The Labute approximate surface area is 138 Å². The molecule has 7 heteroatoms. The van der Waals surface area contributed by atoms with Gasteiger partial charge in [-0.3, -0.25) is 14.6 Å². The highest BCUT2D eigenvalue weighted by atomic mass is 32.1. The summed E-state index contributed by atoms with van der Waals surface area (Å²) >= 11 is 1.30. The highest BCUT2D eigenvalue weighted by molar-refractivity contribution is 7.12. The van der Waals surface area contributed by atoms with Gasteiger partial charge in [-0.25, -0.2) is 0 Å². The van der Waals surface area contributed by atoms with Crippen molar-refractivity contribution in [3.63, 3.8) is 0 Å². The molecular weight excluding hydrogens is 312 g/mol. The second kappa shape index (κ2) is 6.89. The number of pyridine rings is 1. The number of hydrogen-bond donors (Lipinski definition) is 3. The van der Waals surface area contributed by atoms with E-state index in [9.17, 15) is 9.59 Å². The fraction of sp³-hybridized carbons (Fsp3) is 0.312. The van der Waals surface area contributed by atoms with Crippen LogP contribution in [-0.2, 0) is 0 Å². The molecule has 6 nitrogen and oxygen atoms in total. The third-order valence-corrected chi connectivity index (χ3v) is 4.74. The minimum atomic E-state index is -0.266. The van der Waals surface area contributed by atoms with Crippen molar-refractivity contribution in [3.05, 3.63) is 46.4 Å². The summed E-state index contributed by atoms with van der Waals surface area (Å²) in [6, 6.07) is 4.99. The lowest BCUT2D eigenvalue weighted by molar-refractivity contribution is 0.0938. The maximum absolute atomic E-state index is 12.4. The average molecular weight is 330 g/mol. The summed E-state index contributed by atoms with van der Waals surface area (Å²) in [7, 11) is 0. The molecule has 0 spiro atoms. The number of hydrogen-bond acceptors (Lipinski definition) is 5. The number of nitrogens with one attached hydrogen (secondary N) is 2. The van der Waals surface area contributed by atoms with Crippen molar-refractivity contribution in [2.24, 2.45) is 11.7 Å². The molecule has 1 unspecified atom stereocenters. The fourth-order valence-corrected chi connectivity index (χ4v) is 3.14. The van der Waals surface area contributed by atoms with E-state index in [1.807, 2.05) is 0 Å². The number of amides is 2. The fourth-order valence-electron chi connectivity index (χ4n) is 2.38. The van der Waals surface area contributed by atoms with Gasteiger partial charge in [0.15, 0.2) is 0 Å². The van der Waals surface area contributed by atoms with Gasteiger partial charge in [-0.05, 0) is 42.3 Å². The van der Waals surface area contributed by atoms with Crippen LogP contribution in [0.5, 0.6) is 0 Å². The highest BCUT2D eigenvalue weighted by Gasteiger charge is 2.32. The molecular formula is C16H18N4O2S. The molecule has 3 rings (SSSR count). The van der Waals surface area contributed by atoms with Gasteiger partial charge in [0, 0.05) is 30.5 Å². The summed E-state index contributed by atoms with van der Waals surface area (Å²) < 4.78 is 0. The zero-order chi connectivity index (χ0) is 16.2. The number of aromatic nitrogens is 1. The lowest BCUT2D eigenvalue weighted by Crippen LogP contribution is -2.41. The Morgan fingerprint density at radius 3 is 2.65 bits per heavy atom. The first kappa shape index (κ1) is 15.6. The van der Waals surface area contributed by atoms with Gasteiger partial charge in [0.25, 0.3) is 11.8 Å². The van der Waals surface area contributed by atoms with Gasteiger partial charge in [0.05, 0.1) is 5.69 Å². The van der Waals surface area contributed by atoms with Crippen LogP contribution in [0.25, 0.3) is 0 Å². The maximum Gasteiger partial charge on any atom is 0.263 e. The zero-order valence-corrected chi connectivity index (χ0v) is 13.3. The standard InChI is InChI=1S/C16H18N4O2S/c17-9-13(10-1-2-10)20-16(22)14-12(5-8-23-14)19-15(21)11-3-6-18-7-4-11/h3-8,10,13H,1-2,9,17H2,(H,19,21)(H,20,22). The Bertz CT molecular complexity index is 697. The lowest BCUT2D eigenvalue weighted by Gasteiger charge is -2.16. The van der Waals surface area contributed by atoms with Crippen molar-refractivity contribution in [1.82, 2.24) is 10.3 Å². The number of carbonyl (C=O) groups is 2.